The molecule has 1 unspecified atom stereocenters. The van der Waals surface area contributed by atoms with E-state index in [2.05, 4.69) is 14.9 Å². The Labute approximate surface area is 124 Å². The van der Waals surface area contributed by atoms with Crippen LogP contribution in [0.3, 0.4) is 0 Å². The maximum Gasteiger partial charge on any atom is 0.203 e. The number of ether oxygens (including phenoxy) is 1. The first-order valence-corrected chi connectivity index (χ1v) is 7.36. The van der Waals surface area contributed by atoms with E-state index in [1.807, 2.05) is 36.2 Å². The normalized spacial score (nSPS) is 18.0. The molecule has 1 fully saturated rings. The number of anilines is 1. The molecule has 0 radical (unpaired) electrons. The van der Waals surface area contributed by atoms with Gasteiger partial charge in [-0.05, 0) is 12.1 Å². The smallest absolute Gasteiger partial charge is 0.203 e. The molecule has 0 amide bonds. The van der Waals surface area contributed by atoms with E-state index in [0.29, 0.717) is 13.1 Å². The predicted molar refractivity (Wildman–Crippen MR) is 82.6 cm³/mol. The monoisotopic (exact) mass is 290 g/mol. The molecular weight excluding hydrogens is 268 g/mol. The minimum absolute atomic E-state index is 0.402. The van der Waals surface area contributed by atoms with Gasteiger partial charge in [-0.3, -0.25) is 4.90 Å². The average molecular weight is 290 g/mol. The molecule has 114 valence electrons. The number of hydrogen-bond acceptors (Lipinski definition) is 5. The first kappa shape index (κ1) is 14.3. The van der Waals surface area contributed by atoms with Crippen LogP contribution in [0, 0.1) is 0 Å². The van der Waals surface area contributed by atoms with Crippen LogP contribution < -0.4 is 4.90 Å². The molecule has 2 N–H and O–H groups in total. The second-order valence-electron chi connectivity index (χ2n) is 5.52. The van der Waals surface area contributed by atoms with Gasteiger partial charge in [-0.25, -0.2) is 4.98 Å². The quantitative estimate of drug-likeness (QED) is 0.848. The zero-order valence-corrected chi connectivity index (χ0v) is 12.3. The fourth-order valence-electron chi connectivity index (χ4n) is 2.66. The van der Waals surface area contributed by atoms with Crippen LogP contribution in [0.25, 0.3) is 11.0 Å². The van der Waals surface area contributed by atoms with Gasteiger partial charge in [0, 0.05) is 33.2 Å². The summed E-state index contributed by atoms with van der Waals surface area (Å²) >= 11 is 0. The summed E-state index contributed by atoms with van der Waals surface area (Å²) in [5.74, 6) is 0.789. The molecule has 6 heteroatoms. The number of β-amino-alcohol motifs (C(OH)–C–C–N with tert-alkyl or cyclic N) is 1. The van der Waals surface area contributed by atoms with Crippen molar-refractivity contribution in [2.45, 2.75) is 6.10 Å². The van der Waals surface area contributed by atoms with Crippen LogP contribution in [0.15, 0.2) is 24.3 Å². The lowest BCUT2D eigenvalue weighted by molar-refractivity contribution is 0.0162. The third-order valence-corrected chi connectivity index (χ3v) is 3.80. The minimum Gasteiger partial charge on any atom is -0.390 e. The lowest BCUT2D eigenvalue weighted by Crippen LogP contribution is -2.44. The molecule has 1 aliphatic rings. The molecule has 0 spiro atoms. The van der Waals surface area contributed by atoms with Crippen molar-refractivity contribution in [1.82, 2.24) is 14.9 Å². The van der Waals surface area contributed by atoms with Crippen LogP contribution in [0.2, 0.25) is 0 Å². The molecule has 0 bridgehead atoms. The number of nitrogens with zero attached hydrogens (tertiary/aromatic N) is 3. The van der Waals surface area contributed by atoms with Gasteiger partial charge in [0.15, 0.2) is 0 Å². The number of aliphatic hydroxyl groups is 1. The molecule has 0 aliphatic carbocycles. The van der Waals surface area contributed by atoms with E-state index >= 15 is 0 Å². The minimum atomic E-state index is -0.402. The Morgan fingerprint density at radius 1 is 1.38 bits per heavy atom. The Morgan fingerprint density at radius 2 is 2.14 bits per heavy atom. The predicted octanol–water partition coefficient (Wildman–Crippen LogP) is 0.692. The van der Waals surface area contributed by atoms with Crippen molar-refractivity contribution in [2.75, 3.05) is 51.3 Å². The van der Waals surface area contributed by atoms with Gasteiger partial charge in [-0.1, -0.05) is 12.1 Å². The number of morpholine rings is 1. The third kappa shape index (κ3) is 3.53. The zero-order valence-electron chi connectivity index (χ0n) is 12.3. The summed E-state index contributed by atoms with van der Waals surface area (Å²) in [6, 6.07) is 7.94. The van der Waals surface area contributed by atoms with E-state index in [-0.39, 0.29) is 0 Å². The van der Waals surface area contributed by atoms with E-state index in [4.69, 9.17) is 4.74 Å². The van der Waals surface area contributed by atoms with Crippen molar-refractivity contribution in [3.05, 3.63) is 24.3 Å². The molecule has 2 aromatic rings. The molecule has 1 saturated heterocycles. The summed E-state index contributed by atoms with van der Waals surface area (Å²) in [5.41, 5.74) is 1.96. The highest BCUT2D eigenvalue weighted by atomic mass is 16.5. The van der Waals surface area contributed by atoms with E-state index in [0.717, 1.165) is 43.3 Å². The van der Waals surface area contributed by atoms with E-state index < -0.39 is 6.10 Å². The third-order valence-electron chi connectivity index (χ3n) is 3.80. The number of nitrogens with one attached hydrogen (secondary N) is 1. The summed E-state index contributed by atoms with van der Waals surface area (Å²) in [7, 11) is 1.94. The second-order valence-corrected chi connectivity index (χ2v) is 5.52. The van der Waals surface area contributed by atoms with Crippen LogP contribution in [-0.2, 0) is 4.74 Å². The number of aliphatic hydroxyl groups excluding tert-OH is 1. The van der Waals surface area contributed by atoms with Crippen LogP contribution in [0.5, 0.6) is 0 Å². The van der Waals surface area contributed by atoms with Gasteiger partial charge >= 0.3 is 0 Å². The van der Waals surface area contributed by atoms with Gasteiger partial charge in [0.05, 0.1) is 30.4 Å². The Morgan fingerprint density at radius 3 is 2.90 bits per heavy atom. The molecule has 1 atom stereocenters. The number of fused-ring (bicyclic) bond motifs is 1. The summed E-state index contributed by atoms with van der Waals surface area (Å²) in [6.07, 6.45) is -0.402. The number of para-hydroxylation sites is 2. The number of hydrogen-bond donors (Lipinski definition) is 2. The number of imidazole rings is 1. The van der Waals surface area contributed by atoms with Gasteiger partial charge < -0.3 is 19.7 Å². The Hall–Kier alpha value is -1.63. The Balaban J connectivity index is 1.58. The summed E-state index contributed by atoms with van der Waals surface area (Å²) in [4.78, 5) is 12.0. The van der Waals surface area contributed by atoms with E-state index in [9.17, 15) is 5.11 Å². The van der Waals surface area contributed by atoms with E-state index in [1.165, 1.54) is 0 Å². The zero-order chi connectivity index (χ0) is 14.7. The number of aromatic amines is 1. The van der Waals surface area contributed by atoms with Crippen LogP contribution in [0.1, 0.15) is 0 Å². The fraction of sp³-hybridized carbons (Fsp3) is 0.533. The Bertz CT molecular complexity index is 547. The highest BCUT2D eigenvalue weighted by molar-refractivity contribution is 5.77. The molecule has 6 nitrogen and oxygen atoms in total. The number of aromatic nitrogens is 2. The van der Waals surface area contributed by atoms with Crippen molar-refractivity contribution >= 4 is 17.0 Å². The second kappa shape index (κ2) is 6.43. The molecule has 1 aliphatic heterocycles. The standard InChI is InChI=1S/C15H22N4O2/c1-18(10-12(20)11-19-6-8-21-9-7-19)15-16-13-4-2-3-5-14(13)17-15/h2-5,12,20H,6-11H2,1H3,(H,16,17). The van der Waals surface area contributed by atoms with Gasteiger partial charge in [-0.2, -0.15) is 0 Å². The van der Waals surface area contributed by atoms with Crippen LogP contribution >= 0.6 is 0 Å². The summed E-state index contributed by atoms with van der Waals surface area (Å²) < 4.78 is 5.32. The maximum absolute atomic E-state index is 10.2. The lowest BCUT2D eigenvalue weighted by Gasteiger charge is -2.30. The number of likely N-dealkylation sites (N-methyl/N-ethyl adjacent to an activating group) is 1. The first-order valence-electron chi connectivity index (χ1n) is 7.36. The Kier molecular flexibility index (Phi) is 4.38. The maximum atomic E-state index is 10.2. The fourth-order valence-corrected chi connectivity index (χ4v) is 2.66. The lowest BCUT2D eigenvalue weighted by atomic mass is 10.3. The van der Waals surface area contributed by atoms with Crippen molar-refractivity contribution in [3.63, 3.8) is 0 Å². The van der Waals surface area contributed by atoms with Gasteiger partial charge in [0.2, 0.25) is 5.95 Å². The van der Waals surface area contributed by atoms with Gasteiger partial charge in [0.25, 0.3) is 0 Å². The van der Waals surface area contributed by atoms with Gasteiger partial charge in [-0.15, -0.1) is 0 Å². The summed E-state index contributed by atoms with van der Waals surface area (Å²) in [6.45, 7) is 4.53. The molecule has 1 aromatic heterocycles. The largest absolute Gasteiger partial charge is 0.390 e. The molecular formula is C15H22N4O2. The number of H-pyrrole nitrogens is 1. The van der Waals surface area contributed by atoms with Gasteiger partial charge in [0.1, 0.15) is 0 Å². The van der Waals surface area contributed by atoms with Crippen LogP contribution in [0.4, 0.5) is 5.95 Å². The highest BCUT2D eigenvalue weighted by Gasteiger charge is 2.17. The average Bonchev–Trinajstić information content (AvgIpc) is 2.92. The van der Waals surface area contributed by atoms with Crippen molar-refractivity contribution < 1.29 is 9.84 Å². The first-order chi connectivity index (χ1) is 10.2. The van der Waals surface area contributed by atoms with Crippen molar-refractivity contribution in [1.29, 1.82) is 0 Å². The molecule has 2 heterocycles. The molecule has 21 heavy (non-hydrogen) atoms. The van der Waals surface area contributed by atoms with Crippen molar-refractivity contribution in [2.24, 2.45) is 0 Å². The number of benzene rings is 1. The SMILES string of the molecule is CN(CC(O)CN1CCOCC1)c1nc2ccccc2[nH]1. The highest BCUT2D eigenvalue weighted by Crippen LogP contribution is 2.16. The number of rotatable bonds is 5. The topological polar surface area (TPSA) is 64.6 Å². The van der Waals surface area contributed by atoms with Crippen molar-refractivity contribution in [3.8, 4) is 0 Å². The summed E-state index contributed by atoms with van der Waals surface area (Å²) in [5, 5.41) is 10.2. The van der Waals surface area contributed by atoms with Crippen LogP contribution in [-0.4, -0.2) is 72.5 Å². The van der Waals surface area contributed by atoms with E-state index in [1.54, 1.807) is 0 Å². The molecule has 0 saturated carbocycles. The molecule has 3 rings (SSSR count). The molecule has 1 aromatic carbocycles.